The number of carbonyl (C=O) groups is 2. The van der Waals surface area contributed by atoms with Crippen LogP contribution in [0, 0.1) is 0 Å². The van der Waals surface area contributed by atoms with Crippen molar-refractivity contribution in [2.24, 2.45) is 0 Å². The molecule has 0 unspecified atom stereocenters. The number of esters is 1. The van der Waals surface area contributed by atoms with E-state index in [-0.39, 0.29) is 12.5 Å². The van der Waals surface area contributed by atoms with Crippen LogP contribution < -0.4 is 14.4 Å². The summed E-state index contributed by atoms with van der Waals surface area (Å²) in [7, 11) is 1.60. The monoisotopic (exact) mass is 546 g/mol. The van der Waals surface area contributed by atoms with Gasteiger partial charge < -0.3 is 14.2 Å². The predicted octanol–water partition coefficient (Wildman–Crippen LogP) is 3.02. The molecule has 37 heavy (non-hydrogen) atoms. The maximum absolute atomic E-state index is 13.0. The quantitative estimate of drug-likeness (QED) is 0.244. The third kappa shape index (κ3) is 4.93. The molecule has 1 amide bonds. The number of hydrogen-bond acceptors (Lipinski definition) is 10. The first kappa shape index (κ1) is 25.6. The summed E-state index contributed by atoms with van der Waals surface area (Å²) in [5.74, 6) is 0.744. The molecule has 2 saturated heterocycles. The Balaban J connectivity index is 1.46. The fraction of sp³-hybridized carbons (Fsp3) is 0.417. The maximum atomic E-state index is 13.0. The lowest BCUT2D eigenvalue weighted by Crippen LogP contribution is -2.64. The van der Waals surface area contributed by atoms with Crippen molar-refractivity contribution in [1.29, 1.82) is 0 Å². The van der Waals surface area contributed by atoms with Gasteiger partial charge in [-0.2, -0.15) is 0 Å². The van der Waals surface area contributed by atoms with E-state index in [0.717, 1.165) is 5.56 Å². The van der Waals surface area contributed by atoms with Crippen molar-refractivity contribution in [3.63, 3.8) is 0 Å². The number of methoxy groups -OCH3 is 1. The van der Waals surface area contributed by atoms with E-state index in [1.54, 1.807) is 31.0 Å². The summed E-state index contributed by atoms with van der Waals surface area (Å²) >= 11 is 7.78. The third-order valence-electron chi connectivity index (χ3n) is 6.31. The molecule has 1 N–H and O–H groups in total. The van der Waals surface area contributed by atoms with Gasteiger partial charge in [-0.3, -0.25) is 19.3 Å². The van der Waals surface area contributed by atoms with Gasteiger partial charge in [0.05, 0.1) is 37.7 Å². The minimum Gasteiger partial charge on any atom is -0.494 e. The van der Waals surface area contributed by atoms with E-state index in [4.69, 9.17) is 30.9 Å². The van der Waals surface area contributed by atoms with Gasteiger partial charge in [0.1, 0.15) is 16.6 Å². The molecule has 2 aromatic heterocycles. The number of aromatic nitrogens is 3. The number of rotatable bonds is 9. The molecule has 2 aliphatic rings. The molecule has 2 aliphatic heterocycles. The van der Waals surface area contributed by atoms with Crippen LogP contribution in [-0.4, -0.2) is 83.5 Å². The number of carbonyl (C=O) groups excluding carboxylic acids is 2. The fourth-order valence-corrected chi connectivity index (χ4v) is 5.20. The van der Waals surface area contributed by atoms with Crippen molar-refractivity contribution < 1.29 is 23.8 Å². The Morgan fingerprint density at radius 2 is 2.11 bits per heavy atom. The molecule has 0 radical (unpaired) electrons. The van der Waals surface area contributed by atoms with Crippen molar-refractivity contribution in [1.82, 2.24) is 24.4 Å². The number of fused-ring (bicyclic) bond motifs is 1. The van der Waals surface area contributed by atoms with Gasteiger partial charge >= 0.3 is 12.1 Å². The highest BCUT2D eigenvalue weighted by Gasteiger charge is 2.55. The number of amides is 1. The SMILES string of the molecule is CCOC(=O)CN1CC2(C1)CN(c1nn(-c3ccc(CNSC)cc3OC)c3cc(Cl)ncc13)C(=O)O2. The first-order chi connectivity index (χ1) is 17.9. The molecule has 0 bridgehead atoms. The van der Waals surface area contributed by atoms with Crippen molar-refractivity contribution in [3.05, 3.63) is 41.2 Å². The van der Waals surface area contributed by atoms with Crippen LogP contribution in [0.4, 0.5) is 10.6 Å². The lowest BCUT2D eigenvalue weighted by atomic mass is 9.94. The summed E-state index contributed by atoms with van der Waals surface area (Å²) < 4.78 is 21.4. The smallest absolute Gasteiger partial charge is 0.416 e. The Morgan fingerprint density at radius 3 is 2.84 bits per heavy atom. The van der Waals surface area contributed by atoms with Gasteiger partial charge in [-0.1, -0.05) is 29.6 Å². The number of nitrogens with one attached hydrogen (secondary N) is 1. The second-order valence-electron chi connectivity index (χ2n) is 8.88. The zero-order valence-corrected chi connectivity index (χ0v) is 22.3. The Kier molecular flexibility index (Phi) is 7.17. The molecule has 0 atom stereocenters. The average molecular weight is 547 g/mol. The van der Waals surface area contributed by atoms with Crippen LogP contribution in [0.2, 0.25) is 5.15 Å². The van der Waals surface area contributed by atoms with Crippen molar-refractivity contribution in [3.8, 4) is 11.4 Å². The van der Waals surface area contributed by atoms with E-state index in [1.165, 1.54) is 16.8 Å². The van der Waals surface area contributed by atoms with Gasteiger partial charge in [-0.15, -0.1) is 5.10 Å². The van der Waals surface area contributed by atoms with Crippen LogP contribution in [0.5, 0.6) is 5.75 Å². The number of likely N-dealkylation sites (tertiary alicyclic amines) is 1. The molecule has 13 heteroatoms. The number of benzene rings is 1. The van der Waals surface area contributed by atoms with Gasteiger partial charge in [0.2, 0.25) is 0 Å². The number of anilines is 1. The first-order valence-electron chi connectivity index (χ1n) is 11.7. The second-order valence-corrected chi connectivity index (χ2v) is 9.96. The predicted molar refractivity (Wildman–Crippen MR) is 140 cm³/mol. The Hall–Kier alpha value is -3.06. The summed E-state index contributed by atoms with van der Waals surface area (Å²) in [6.07, 6.45) is 3.07. The minimum atomic E-state index is -0.705. The van der Waals surface area contributed by atoms with E-state index in [1.807, 2.05) is 29.4 Å². The highest BCUT2D eigenvalue weighted by molar-refractivity contribution is 7.96. The van der Waals surface area contributed by atoms with Gasteiger partial charge in [0.25, 0.3) is 0 Å². The standard InChI is InChI=1S/C24H27ClN6O5S/c1-4-35-21(32)11-29-12-24(13-29)14-30(23(33)36-24)22-16-10-26-20(25)8-18(16)31(28-22)17-6-5-15(9-27-37-3)7-19(17)34-2/h5-8,10,27H,4,9,11-14H2,1-3H3. The molecule has 1 spiro atoms. The van der Waals surface area contributed by atoms with Crippen LogP contribution in [0.1, 0.15) is 12.5 Å². The lowest BCUT2D eigenvalue weighted by molar-refractivity contribution is -0.150. The summed E-state index contributed by atoms with van der Waals surface area (Å²) in [5.41, 5.74) is 1.71. The van der Waals surface area contributed by atoms with Gasteiger partial charge in [-0.05, 0) is 30.9 Å². The summed E-state index contributed by atoms with van der Waals surface area (Å²) in [6.45, 7) is 4.12. The summed E-state index contributed by atoms with van der Waals surface area (Å²) in [6, 6.07) is 7.56. The number of hydrogen-bond donors (Lipinski definition) is 1. The van der Waals surface area contributed by atoms with Crippen molar-refractivity contribution >= 4 is 52.3 Å². The lowest BCUT2D eigenvalue weighted by Gasteiger charge is -2.44. The van der Waals surface area contributed by atoms with E-state index in [0.29, 0.717) is 66.1 Å². The molecule has 5 rings (SSSR count). The molecule has 2 fully saturated rings. The van der Waals surface area contributed by atoms with Gasteiger partial charge in [-0.25, -0.2) is 14.5 Å². The van der Waals surface area contributed by atoms with Crippen LogP contribution in [0.3, 0.4) is 0 Å². The molecule has 4 heterocycles. The van der Waals surface area contributed by atoms with E-state index in [9.17, 15) is 9.59 Å². The van der Waals surface area contributed by atoms with Crippen LogP contribution in [0.15, 0.2) is 30.5 Å². The molecule has 0 aliphatic carbocycles. The fourth-order valence-electron chi connectivity index (χ4n) is 4.74. The van der Waals surface area contributed by atoms with Crippen LogP contribution in [0.25, 0.3) is 16.6 Å². The van der Waals surface area contributed by atoms with E-state index in [2.05, 4.69) is 9.71 Å². The number of halogens is 1. The van der Waals surface area contributed by atoms with Gasteiger partial charge in [0.15, 0.2) is 11.4 Å². The zero-order valence-electron chi connectivity index (χ0n) is 20.7. The molecular weight excluding hydrogens is 520 g/mol. The molecular formula is C24H27ClN6O5S. The summed E-state index contributed by atoms with van der Waals surface area (Å²) in [5, 5.41) is 5.75. The van der Waals surface area contributed by atoms with E-state index >= 15 is 0 Å². The molecule has 1 aromatic carbocycles. The molecule has 3 aromatic rings. The van der Waals surface area contributed by atoms with Crippen LogP contribution in [-0.2, 0) is 20.8 Å². The summed E-state index contributed by atoms with van der Waals surface area (Å²) in [4.78, 5) is 32.4. The Labute approximate surface area is 223 Å². The largest absolute Gasteiger partial charge is 0.494 e. The topological polar surface area (TPSA) is 111 Å². The maximum Gasteiger partial charge on any atom is 0.416 e. The highest BCUT2D eigenvalue weighted by Crippen LogP contribution is 2.39. The van der Waals surface area contributed by atoms with Crippen molar-refractivity contribution in [2.75, 3.05) is 51.1 Å². The Morgan fingerprint density at radius 1 is 1.30 bits per heavy atom. The Bertz CT molecular complexity index is 1340. The molecule has 0 saturated carbocycles. The zero-order chi connectivity index (χ0) is 26.2. The van der Waals surface area contributed by atoms with E-state index < -0.39 is 11.7 Å². The number of nitrogens with zero attached hydrogens (tertiary/aromatic N) is 5. The molecule has 196 valence electrons. The highest BCUT2D eigenvalue weighted by atomic mass is 35.5. The third-order valence-corrected chi connectivity index (χ3v) is 6.95. The normalized spacial score (nSPS) is 16.8. The molecule has 11 nitrogen and oxygen atoms in total. The first-order valence-corrected chi connectivity index (χ1v) is 13.3. The minimum absolute atomic E-state index is 0.162. The van der Waals surface area contributed by atoms with Crippen molar-refractivity contribution in [2.45, 2.75) is 19.1 Å². The number of ether oxygens (including phenoxy) is 3. The number of pyridine rings is 1. The van der Waals surface area contributed by atoms with Crippen LogP contribution >= 0.6 is 23.5 Å². The second kappa shape index (κ2) is 10.4. The van der Waals surface area contributed by atoms with Gasteiger partial charge in [0, 0.05) is 31.9 Å². The average Bonchev–Trinajstić information content (AvgIpc) is 3.39.